The maximum Gasteiger partial charge on any atom is 0.188 e. The molecule has 0 amide bonds. The molecule has 0 aliphatic heterocycles. The van der Waals surface area contributed by atoms with Gasteiger partial charge in [-0.3, -0.25) is 0 Å². The Hall–Kier alpha value is -0.360. The van der Waals surface area contributed by atoms with Crippen molar-refractivity contribution in [3.63, 3.8) is 0 Å². The van der Waals surface area contributed by atoms with Crippen LogP contribution >= 0.6 is 0 Å². The first-order valence-corrected chi connectivity index (χ1v) is 7.72. The van der Waals surface area contributed by atoms with Crippen molar-refractivity contribution >= 4 is 19.7 Å². The van der Waals surface area contributed by atoms with E-state index in [-0.39, 0.29) is 12.2 Å². The van der Waals surface area contributed by atoms with Gasteiger partial charge >= 0.3 is 0 Å². The van der Waals surface area contributed by atoms with E-state index in [1.807, 2.05) is 0 Å². The largest absolute Gasteiger partial charge is 0.227 e. The summed E-state index contributed by atoms with van der Waals surface area (Å²) in [6, 6.07) is 0. The summed E-state index contributed by atoms with van der Waals surface area (Å²) in [4.78, 5) is 0. The molecule has 14 heavy (non-hydrogen) atoms. The molecule has 0 saturated heterocycles. The molecule has 0 N–H and O–H groups in total. The van der Waals surface area contributed by atoms with E-state index in [4.69, 9.17) is 0 Å². The van der Waals surface area contributed by atoms with E-state index in [0.29, 0.717) is 11.8 Å². The highest BCUT2D eigenvalue weighted by Crippen LogP contribution is 2.16. The fourth-order valence-electron chi connectivity index (χ4n) is 1.21. The average Bonchev–Trinajstić information content (AvgIpc) is 2.04. The van der Waals surface area contributed by atoms with Gasteiger partial charge < -0.3 is 0 Å². The first-order valence-electron chi connectivity index (χ1n) is 4.39. The summed E-state index contributed by atoms with van der Waals surface area (Å²) in [6.45, 7) is 6.36. The molecular weight excluding hydrogens is 224 g/mol. The minimum Gasteiger partial charge on any atom is -0.227 e. The van der Waals surface area contributed by atoms with Gasteiger partial charge in [-0.1, -0.05) is 20.4 Å². The third kappa shape index (κ3) is 3.09. The van der Waals surface area contributed by atoms with Crippen LogP contribution in [0.2, 0.25) is 0 Å². The summed E-state index contributed by atoms with van der Waals surface area (Å²) in [5.41, 5.74) is 0. The maximum absolute atomic E-state index is 11.5. The Labute approximate surface area is 85.9 Å². The highest BCUT2D eigenvalue weighted by atomic mass is 32.3. The Morgan fingerprint density at radius 3 is 2.00 bits per heavy atom. The quantitative estimate of drug-likeness (QED) is 0.697. The lowest BCUT2D eigenvalue weighted by atomic mass is 10.6. The van der Waals surface area contributed by atoms with Gasteiger partial charge in [-0.2, -0.15) is 0 Å². The standard InChI is InChI=1S/C8H16O4S2/c1-4-7-14(11,12)8(5-2)13(9,10)6-3/h6,8H,3-5,7H2,1-2H3. The minimum atomic E-state index is -3.71. The van der Waals surface area contributed by atoms with E-state index in [0.717, 1.165) is 0 Å². The topological polar surface area (TPSA) is 68.3 Å². The van der Waals surface area contributed by atoms with Crippen LogP contribution in [0.15, 0.2) is 12.0 Å². The van der Waals surface area contributed by atoms with Crippen LogP contribution in [-0.4, -0.2) is 27.2 Å². The van der Waals surface area contributed by atoms with Gasteiger partial charge in [0.25, 0.3) is 0 Å². The predicted octanol–water partition coefficient (Wildman–Crippen LogP) is 1.11. The van der Waals surface area contributed by atoms with Crippen molar-refractivity contribution in [2.24, 2.45) is 0 Å². The molecule has 0 spiro atoms. The molecule has 0 rings (SSSR count). The van der Waals surface area contributed by atoms with E-state index in [9.17, 15) is 16.8 Å². The van der Waals surface area contributed by atoms with Crippen LogP contribution in [0, 0.1) is 0 Å². The van der Waals surface area contributed by atoms with Crippen molar-refractivity contribution in [3.8, 4) is 0 Å². The van der Waals surface area contributed by atoms with Crippen LogP contribution in [-0.2, 0) is 19.7 Å². The molecule has 0 aromatic carbocycles. The molecule has 0 radical (unpaired) electrons. The summed E-state index contributed by atoms with van der Waals surface area (Å²) in [5.74, 6) is -0.0986. The molecule has 0 fully saturated rings. The van der Waals surface area contributed by atoms with Crippen molar-refractivity contribution in [1.29, 1.82) is 0 Å². The normalized spacial score (nSPS) is 15.0. The van der Waals surface area contributed by atoms with E-state index in [2.05, 4.69) is 6.58 Å². The van der Waals surface area contributed by atoms with Gasteiger partial charge in [0, 0.05) is 5.41 Å². The lowest BCUT2D eigenvalue weighted by molar-refractivity contribution is 0.575. The van der Waals surface area contributed by atoms with Gasteiger partial charge in [0.05, 0.1) is 5.75 Å². The van der Waals surface area contributed by atoms with Crippen LogP contribution in [0.3, 0.4) is 0 Å². The van der Waals surface area contributed by atoms with Crippen molar-refractivity contribution in [2.75, 3.05) is 5.75 Å². The zero-order valence-electron chi connectivity index (χ0n) is 8.43. The molecule has 0 aliphatic rings. The molecule has 0 saturated carbocycles. The summed E-state index contributed by atoms with van der Waals surface area (Å²) >= 11 is 0. The van der Waals surface area contributed by atoms with E-state index < -0.39 is 24.3 Å². The average molecular weight is 240 g/mol. The Morgan fingerprint density at radius 1 is 1.21 bits per heavy atom. The number of sulfone groups is 2. The lowest BCUT2D eigenvalue weighted by Gasteiger charge is -2.13. The molecule has 0 aromatic heterocycles. The van der Waals surface area contributed by atoms with Crippen LogP contribution in [0.25, 0.3) is 0 Å². The van der Waals surface area contributed by atoms with Crippen LogP contribution in [0.4, 0.5) is 0 Å². The number of hydrogen-bond acceptors (Lipinski definition) is 4. The second-order valence-electron chi connectivity index (χ2n) is 2.96. The molecular formula is C8H16O4S2. The maximum atomic E-state index is 11.5. The third-order valence-corrected chi connectivity index (χ3v) is 7.15. The molecule has 4 nitrogen and oxygen atoms in total. The van der Waals surface area contributed by atoms with Gasteiger partial charge in [0.15, 0.2) is 24.3 Å². The molecule has 6 heteroatoms. The first kappa shape index (κ1) is 13.6. The van der Waals surface area contributed by atoms with Crippen LogP contribution in [0.1, 0.15) is 26.7 Å². The smallest absolute Gasteiger partial charge is 0.188 e. The Kier molecular flexibility index (Phi) is 4.80. The zero-order valence-corrected chi connectivity index (χ0v) is 10.1. The van der Waals surface area contributed by atoms with Gasteiger partial charge in [0.2, 0.25) is 0 Å². The number of hydrogen-bond donors (Lipinski definition) is 0. The van der Waals surface area contributed by atoms with Gasteiger partial charge in [-0.25, -0.2) is 16.8 Å². The molecule has 0 aliphatic carbocycles. The second-order valence-corrected chi connectivity index (χ2v) is 7.64. The predicted molar refractivity (Wildman–Crippen MR) is 57.3 cm³/mol. The van der Waals surface area contributed by atoms with Crippen molar-refractivity contribution in [2.45, 2.75) is 31.3 Å². The summed E-state index contributed by atoms with van der Waals surface area (Å²) < 4.78 is 44.5. The molecule has 0 bridgehead atoms. The summed E-state index contributed by atoms with van der Waals surface area (Å²) in [7, 11) is -7.27. The van der Waals surface area contributed by atoms with Crippen LogP contribution < -0.4 is 0 Å². The van der Waals surface area contributed by atoms with Crippen molar-refractivity contribution < 1.29 is 16.8 Å². The van der Waals surface area contributed by atoms with E-state index >= 15 is 0 Å². The van der Waals surface area contributed by atoms with Gasteiger partial charge in [-0.05, 0) is 12.8 Å². The fourth-order valence-corrected chi connectivity index (χ4v) is 5.39. The van der Waals surface area contributed by atoms with Crippen molar-refractivity contribution in [3.05, 3.63) is 12.0 Å². The lowest BCUT2D eigenvalue weighted by Crippen LogP contribution is -2.30. The fraction of sp³-hybridized carbons (Fsp3) is 0.750. The number of rotatable bonds is 6. The summed E-state index contributed by atoms with van der Waals surface area (Å²) in [6.07, 6.45) is 0.488. The monoisotopic (exact) mass is 240 g/mol. The van der Waals surface area contributed by atoms with E-state index in [1.54, 1.807) is 13.8 Å². The highest BCUT2D eigenvalue weighted by Gasteiger charge is 2.33. The Balaban J connectivity index is 5.22. The van der Waals surface area contributed by atoms with E-state index in [1.165, 1.54) is 0 Å². The molecule has 84 valence electrons. The Bertz CT molecular complexity index is 378. The zero-order chi connectivity index (χ0) is 11.4. The molecule has 0 aromatic rings. The minimum absolute atomic E-state index is 0.0662. The highest BCUT2D eigenvalue weighted by molar-refractivity contribution is 8.10. The molecule has 1 unspecified atom stereocenters. The first-order chi connectivity index (χ1) is 6.31. The van der Waals surface area contributed by atoms with Gasteiger partial charge in [0.1, 0.15) is 0 Å². The molecule has 0 heterocycles. The second kappa shape index (κ2) is 4.93. The summed E-state index contributed by atoms with van der Waals surface area (Å²) in [5, 5.41) is 0.717. The molecule has 1 atom stereocenters. The van der Waals surface area contributed by atoms with Crippen LogP contribution in [0.5, 0.6) is 0 Å². The third-order valence-electron chi connectivity index (χ3n) is 1.82. The van der Waals surface area contributed by atoms with Gasteiger partial charge in [-0.15, -0.1) is 0 Å². The SMILES string of the molecule is C=CS(=O)(=O)C(CC)S(=O)(=O)CCC. The van der Waals surface area contributed by atoms with Crippen molar-refractivity contribution in [1.82, 2.24) is 0 Å². The Morgan fingerprint density at radius 2 is 1.71 bits per heavy atom.